The number of benzene rings is 1. The number of aromatic nitrogens is 1. The summed E-state index contributed by atoms with van der Waals surface area (Å²) in [5.41, 5.74) is 2.00. The number of hydrogen-bond donors (Lipinski definition) is 3. The number of aliphatic imine (C=N–C) groups is 1. The summed E-state index contributed by atoms with van der Waals surface area (Å²) in [6, 6.07) is 5.11. The fourth-order valence-electron chi connectivity index (χ4n) is 3.79. The van der Waals surface area contributed by atoms with E-state index in [0.717, 1.165) is 42.3 Å². The highest BCUT2D eigenvalue weighted by molar-refractivity contribution is 14.0. The van der Waals surface area contributed by atoms with Gasteiger partial charge in [-0.05, 0) is 56.4 Å². The Morgan fingerprint density at radius 2 is 2.10 bits per heavy atom. The normalized spacial score (nSPS) is 17.1. The molecule has 3 N–H and O–H groups in total. The molecule has 8 heteroatoms. The predicted octanol–water partition coefficient (Wildman–Crippen LogP) is 3.42. The number of guanidine groups is 1. The van der Waals surface area contributed by atoms with Gasteiger partial charge in [-0.25, -0.2) is 4.39 Å². The van der Waals surface area contributed by atoms with Crippen LogP contribution in [0.4, 0.5) is 4.39 Å². The van der Waals surface area contributed by atoms with E-state index in [1.807, 2.05) is 11.1 Å². The van der Waals surface area contributed by atoms with E-state index >= 15 is 0 Å². The van der Waals surface area contributed by atoms with E-state index in [2.05, 4.69) is 27.5 Å². The molecule has 29 heavy (non-hydrogen) atoms. The first-order valence-electron chi connectivity index (χ1n) is 10.1. The second-order valence-electron chi connectivity index (χ2n) is 7.36. The first-order valence-corrected chi connectivity index (χ1v) is 10.1. The predicted molar refractivity (Wildman–Crippen MR) is 126 cm³/mol. The van der Waals surface area contributed by atoms with Crippen LogP contribution in [0.25, 0.3) is 10.9 Å². The van der Waals surface area contributed by atoms with Gasteiger partial charge in [-0.2, -0.15) is 0 Å². The maximum Gasteiger partial charge on any atom is 0.224 e. The van der Waals surface area contributed by atoms with Crippen LogP contribution < -0.4 is 10.6 Å². The number of hydrogen-bond acceptors (Lipinski definition) is 2. The van der Waals surface area contributed by atoms with Gasteiger partial charge in [0.15, 0.2) is 5.96 Å². The third kappa shape index (κ3) is 6.32. The molecule has 2 aromatic rings. The summed E-state index contributed by atoms with van der Waals surface area (Å²) in [4.78, 5) is 21.8. The molecule has 1 aliphatic heterocycles. The Morgan fingerprint density at radius 3 is 2.86 bits per heavy atom. The van der Waals surface area contributed by atoms with Gasteiger partial charge in [-0.3, -0.25) is 9.79 Å². The van der Waals surface area contributed by atoms with Crippen LogP contribution in [0.1, 0.15) is 38.2 Å². The summed E-state index contributed by atoms with van der Waals surface area (Å²) in [6.45, 7) is 4.22. The smallest absolute Gasteiger partial charge is 0.224 e. The first kappa shape index (κ1) is 23.4. The van der Waals surface area contributed by atoms with Crippen molar-refractivity contribution in [2.45, 2.75) is 45.1 Å². The fourth-order valence-corrected chi connectivity index (χ4v) is 3.79. The van der Waals surface area contributed by atoms with E-state index in [1.54, 1.807) is 19.2 Å². The highest BCUT2D eigenvalue weighted by atomic mass is 127. The lowest BCUT2D eigenvalue weighted by molar-refractivity contribution is -0.134. The lowest BCUT2D eigenvalue weighted by Crippen LogP contribution is -2.44. The van der Waals surface area contributed by atoms with Crippen LogP contribution in [0.2, 0.25) is 0 Å². The van der Waals surface area contributed by atoms with Gasteiger partial charge in [0.1, 0.15) is 5.82 Å². The number of nitrogens with one attached hydrogen (secondary N) is 3. The molecule has 0 spiro atoms. The molecule has 160 valence electrons. The zero-order valence-electron chi connectivity index (χ0n) is 17.1. The summed E-state index contributed by atoms with van der Waals surface area (Å²) in [7, 11) is 1.71. The number of rotatable bonds is 6. The molecule has 1 aliphatic rings. The molecule has 6 nitrogen and oxygen atoms in total. The quantitative estimate of drug-likeness (QED) is 0.314. The maximum atomic E-state index is 13.5. The molecule has 1 amide bonds. The van der Waals surface area contributed by atoms with Crippen molar-refractivity contribution in [3.8, 4) is 0 Å². The molecule has 1 aromatic heterocycles. The van der Waals surface area contributed by atoms with Crippen molar-refractivity contribution in [2.75, 3.05) is 26.7 Å². The molecule has 0 saturated carbocycles. The minimum absolute atomic E-state index is 0. The molecule has 1 unspecified atom stereocenters. The zero-order valence-corrected chi connectivity index (χ0v) is 19.5. The number of aromatic amines is 1. The van der Waals surface area contributed by atoms with Crippen molar-refractivity contribution in [3.63, 3.8) is 0 Å². The number of carbonyl (C=O) groups excluding carboxylic acids is 1. The lowest BCUT2D eigenvalue weighted by atomic mass is 10.0. The number of nitrogens with zero attached hydrogens (tertiary/aromatic N) is 2. The third-order valence-electron chi connectivity index (χ3n) is 5.39. The van der Waals surface area contributed by atoms with E-state index in [-0.39, 0.29) is 35.7 Å². The van der Waals surface area contributed by atoms with Gasteiger partial charge in [-0.15, -0.1) is 24.0 Å². The van der Waals surface area contributed by atoms with Gasteiger partial charge in [0.05, 0.1) is 0 Å². The van der Waals surface area contributed by atoms with Crippen LogP contribution in [-0.4, -0.2) is 54.5 Å². The van der Waals surface area contributed by atoms with Crippen LogP contribution >= 0.6 is 24.0 Å². The zero-order chi connectivity index (χ0) is 19.9. The minimum Gasteiger partial charge on any atom is -0.361 e. The van der Waals surface area contributed by atoms with E-state index in [4.69, 9.17) is 0 Å². The van der Waals surface area contributed by atoms with E-state index < -0.39 is 0 Å². The summed E-state index contributed by atoms with van der Waals surface area (Å²) >= 11 is 0. The summed E-state index contributed by atoms with van der Waals surface area (Å²) in [6.07, 6.45) is 6.54. The first-order chi connectivity index (χ1) is 13.6. The van der Waals surface area contributed by atoms with Crippen LogP contribution in [0.15, 0.2) is 29.4 Å². The molecule has 3 rings (SSSR count). The molecular formula is C21H31FIN5O. The molecule has 0 bridgehead atoms. The SMILES string of the molecule is CN=C(NCCC(=O)N1CCCCC1C)NCCc1c[nH]c2ccc(F)cc12.I. The molecule has 2 heterocycles. The van der Waals surface area contributed by atoms with Crippen molar-refractivity contribution in [1.29, 1.82) is 0 Å². The second kappa shape index (κ2) is 11.4. The van der Waals surface area contributed by atoms with Crippen LogP contribution in [-0.2, 0) is 11.2 Å². The summed E-state index contributed by atoms with van der Waals surface area (Å²) < 4.78 is 13.5. The van der Waals surface area contributed by atoms with Crippen molar-refractivity contribution in [3.05, 3.63) is 35.8 Å². The molecule has 1 fully saturated rings. The Hall–Kier alpha value is -1.84. The third-order valence-corrected chi connectivity index (χ3v) is 5.39. The maximum absolute atomic E-state index is 13.5. The number of likely N-dealkylation sites (tertiary alicyclic amines) is 1. The van der Waals surface area contributed by atoms with Gasteiger partial charge in [0.25, 0.3) is 0 Å². The second-order valence-corrected chi connectivity index (χ2v) is 7.36. The molecule has 1 atom stereocenters. The van der Waals surface area contributed by atoms with Gasteiger partial charge < -0.3 is 20.5 Å². The number of halogens is 2. The molecule has 0 aliphatic carbocycles. The van der Waals surface area contributed by atoms with Crippen LogP contribution in [0.3, 0.4) is 0 Å². The standard InChI is InChI=1S/C21H30FN5O.HI/c1-15-5-3-4-12-27(15)20(28)9-11-25-21(23-2)24-10-8-16-14-26-19-7-6-17(22)13-18(16)19;/h6-7,13-15,26H,3-5,8-12H2,1-2H3,(H2,23,24,25);1H. The Morgan fingerprint density at radius 1 is 1.31 bits per heavy atom. The molecule has 1 aromatic carbocycles. The Labute approximate surface area is 188 Å². The number of piperidine rings is 1. The van der Waals surface area contributed by atoms with Crippen molar-refractivity contribution < 1.29 is 9.18 Å². The topological polar surface area (TPSA) is 72.5 Å². The Kier molecular flexibility index (Phi) is 9.19. The van der Waals surface area contributed by atoms with E-state index in [9.17, 15) is 9.18 Å². The van der Waals surface area contributed by atoms with Gasteiger partial charge >= 0.3 is 0 Å². The largest absolute Gasteiger partial charge is 0.361 e. The van der Waals surface area contributed by atoms with Gasteiger partial charge in [-0.1, -0.05) is 0 Å². The van der Waals surface area contributed by atoms with Gasteiger partial charge in [0, 0.05) is 56.2 Å². The minimum atomic E-state index is -0.230. The van der Waals surface area contributed by atoms with Crippen LogP contribution in [0.5, 0.6) is 0 Å². The molecular weight excluding hydrogens is 484 g/mol. The van der Waals surface area contributed by atoms with Gasteiger partial charge in [0.2, 0.25) is 5.91 Å². The highest BCUT2D eigenvalue weighted by Crippen LogP contribution is 2.19. The fraction of sp³-hybridized carbons (Fsp3) is 0.524. The van der Waals surface area contributed by atoms with Crippen molar-refractivity contribution >= 4 is 46.7 Å². The van der Waals surface area contributed by atoms with Crippen molar-refractivity contribution in [1.82, 2.24) is 20.5 Å². The average Bonchev–Trinajstić information content (AvgIpc) is 3.09. The highest BCUT2D eigenvalue weighted by Gasteiger charge is 2.22. The van der Waals surface area contributed by atoms with E-state index in [0.29, 0.717) is 31.5 Å². The number of carbonyl (C=O) groups is 1. The lowest BCUT2D eigenvalue weighted by Gasteiger charge is -2.33. The molecule has 0 radical (unpaired) electrons. The molecule has 1 saturated heterocycles. The number of fused-ring (bicyclic) bond motifs is 1. The van der Waals surface area contributed by atoms with E-state index in [1.165, 1.54) is 12.5 Å². The Bertz CT molecular complexity index is 838. The summed E-state index contributed by atoms with van der Waals surface area (Å²) in [5, 5.41) is 7.37. The number of H-pyrrole nitrogens is 1. The monoisotopic (exact) mass is 515 g/mol. The number of amides is 1. The average molecular weight is 515 g/mol. The van der Waals surface area contributed by atoms with Crippen LogP contribution in [0, 0.1) is 5.82 Å². The van der Waals surface area contributed by atoms with Crippen molar-refractivity contribution in [2.24, 2.45) is 4.99 Å². The Balaban J connectivity index is 0.00000300. The summed E-state index contributed by atoms with van der Waals surface area (Å²) in [5.74, 6) is 0.646.